The van der Waals surface area contributed by atoms with Gasteiger partial charge >= 0.3 is 0 Å². The van der Waals surface area contributed by atoms with Gasteiger partial charge in [-0.3, -0.25) is 9.78 Å². The Kier molecular flexibility index (Phi) is 2.73. The summed E-state index contributed by atoms with van der Waals surface area (Å²) in [5, 5.41) is 8.18. The van der Waals surface area contributed by atoms with E-state index in [9.17, 15) is 4.79 Å². The first kappa shape index (κ1) is 11.9. The molecule has 1 aliphatic carbocycles. The average molecular weight is 270 g/mol. The quantitative estimate of drug-likeness (QED) is 0.773. The van der Waals surface area contributed by atoms with Gasteiger partial charge in [0.25, 0.3) is 5.56 Å². The monoisotopic (exact) mass is 270 g/mol. The molecule has 1 saturated carbocycles. The largest absolute Gasteiger partial charge is 0.380 e. The number of nitrogens with zero attached hydrogens (tertiary/aromatic N) is 1. The van der Waals surface area contributed by atoms with Crippen molar-refractivity contribution in [1.29, 1.82) is 0 Å². The minimum absolute atomic E-state index is 0.0817. The molecule has 0 amide bonds. The van der Waals surface area contributed by atoms with Crippen LogP contribution in [0.5, 0.6) is 0 Å². The zero-order valence-corrected chi connectivity index (χ0v) is 11.2. The summed E-state index contributed by atoms with van der Waals surface area (Å²) >= 11 is 0. The minimum atomic E-state index is -0.0817. The second-order valence-corrected chi connectivity index (χ2v) is 5.78. The molecule has 1 saturated heterocycles. The maximum Gasteiger partial charge on any atom is 0.250 e. The Morgan fingerprint density at radius 3 is 3.25 bits per heavy atom. The number of H-pyrrole nitrogens is 1. The van der Waals surface area contributed by atoms with Gasteiger partial charge < -0.3 is 15.6 Å². The van der Waals surface area contributed by atoms with Crippen LogP contribution in [0.1, 0.15) is 19.3 Å². The Morgan fingerprint density at radius 2 is 2.30 bits per heavy atom. The zero-order chi connectivity index (χ0) is 13.5. The lowest BCUT2D eigenvalue weighted by Gasteiger charge is -2.10. The number of rotatable bonds is 2. The Morgan fingerprint density at radius 1 is 1.35 bits per heavy atom. The van der Waals surface area contributed by atoms with Crippen molar-refractivity contribution in [2.24, 2.45) is 5.92 Å². The number of pyridine rings is 2. The van der Waals surface area contributed by atoms with Crippen LogP contribution in [-0.2, 0) is 0 Å². The minimum Gasteiger partial charge on any atom is -0.380 e. The standard InChI is InChI=1S/C15H18N4O/c20-13-7-11(9-4-6-16-8-12(9)18-13)19-15-10-3-1-2-5-17-14(10)15/h4,6-8,10,14-15,17H,1-3,5H2,(H2,18,19,20). The van der Waals surface area contributed by atoms with E-state index in [1.807, 2.05) is 6.07 Å². The molecule has 2 aromatic heterocycles. The van der Waals surface area contributed by atoms with E-state index in [1.165, 1.54) is 19.3 Å². The molecular formula is C15H18N4O. The summed E-state index contributed by atoms with van der Waals surface area (Å²) in [5.74, 6) is 0.702. The van der Waals surface area contributed by atoms with Crippen molar-refractivity contribution >= 4 is 16.6 Å². The van der Waals surface area contributed by atoms with Gasteiger partial charge in [-0.05, 0) is 31.4 Å². The molecule has 1 aliphatic heterocycles. The SMILES string of the molecule is O=c1cc(NC2C3CCCCNC32)c2ccncc2[nH]1. The van der Waals surface area contributed by atoms with Crippen LogP contribution in [0.25, 0.3) is 10.9 Å². The molecule has 3 heterocycles. The molecule has 0 aromatic carbocycles. The lowest BCUT2D eigenvalue weighted by molar-refractivity contribution is 0.639. The van der Waals surface area contributed by atoms with Gasteiger partial charge in [-0.1, -0.05) is 6.42 Å². The summed E-state index contributed by atoms with van der Waals surface area (Å²) in [6.45, 7) is 1.11. The van der Waals surface area contributed by atoms with Gasteiger partial charge in [0.1, 0.15) is 0 Å². The van der Waals surface area contributed by atoms with E-state index in [0.717, 1.165) is 23.1 Å². The van der Waals surface area contributed by atoms with E-state index in [0.29, 0.717) is 18.0 Å². The summed E-state index contributed by atoms with van der Waals surface area (Å²) in [5.41, 5.74) is 1.63. The molecule has 3 N–H and O–H groups in total. The molecule has 5 heteroatoms. The molecule has 5 nitrogen and oxygen atoms in total. The highest BCUT2D eigenvalue weighted by Crippen LogP contribution is 2.40. The van der Waals surface area contributed by atoms with E-state index in [-0.39, 0.29) is 5.56 Å². The van der Waals surface area contributed by atoms with Crippen molar-refractivity contribution in [2.45, 2.75) is 31.3 Å². The molecule has 104 valence electrons. The molecule has 4 rings (SSSR count). The second kappa shape index (κ2) is 4.59. The smallest absolute Gasteiger partial charge is 0.250 e. The summed E-state index contributed by atoms with van der Waals surface area (Å²) in [7, 11) is 0. The maximum atomic E-state index is 11.7. The fourth-order valence-electron chi connectivity index (χ4n) is 3.39. The third-order valence-corrected chi connectivity index (χ3v) is 4.48. The number of aromatic amines is 1. The zero-order valence-electron chi connectivity index (χ0n) is 11.2. The third-order valence-electron chi connectivity index (χ3n) is 4.48. The van der Waals surface area contributed by atoms with Crippen LogP contribution in [0.4, 0.5) is 5.69 Å². The summed E-state index contributed by atoms with van der Waals surface area (Å²) in [4.78, 5) is 18.6. The lowest BCUT2D eigenvalue weighted by Crippen LogP contribution is -2.23. The first-order chi connectivity index (χ1) is 9.83. The molecule has 0 bridgehead atoms. The van der Waals surface area contributed by atoms with Gasteiger partial charge in [0, 0.05) is 35.4 Å². The number of hydrogen-bond donors (Lipinski definition) is 3. The van der Waals surface area contributed by atoms with Crippen molar-refractivity contribution in [3.8, 4) is 0 Å². The highest BCUT2D eigenvalue weighted by Gasteiger charge is 2.50. The normalized spacial score (nSPS) is 28.7. The third kappa shape index (κ3) is 1.98. The van der Waals surface area contributed by atoms with Crippen LogP contribution in [0, 0.1) is 5.92 Å². The molecule has 3 unspecified atom stereocenters. The Bertz CT molecular complexity index is 684. The molecule has 3 atom stereocenters. The van der Waals surface area contributed by atoms with Crippen LogP contribution in [0.3, 0.4) is 0 Å². The number of nitrogens with one attached hydrogen (secondary N) is 3. The number of hydrogen-bond acceptors (Lipinski definition) is 4. The first-order valence-electron chi connectivity index (χ1n) is 7.30. The highest BCUT2D eigenvalue weighted by molar-refractivity contribution is 5.90. The van der Waals surface area contributed by atoms with Crippen LogP contribution in [0.2, 0.25) is 0 Å². The van der Waals surface area contributed by atoms with Gasteiger partial charge in [0.2, 0.25) is 0 Å². The Hall–Kier alpha value is -1.88. The van der Waals surface area contributed by atoms with E-state index < -0.39 is 0 Å². The average Bonchev–Trinajstić information content (AvgIpc) is 3.15. The first-order valence-corrected chi connectivity index (χ1v) is 7.30. The summed E-state index contributed by atoms with van der Waals surface area (Å²) in [6.07, 6.45) is 7.31. The number of fused-ring (bicyclic) bond motifs is 2. The number of anilines is 1. The molecule has 2 aromatic rings. The summed E-state index contributed by atoms with van der Waals surface area (Å²) in [6, 6.07) is 4.61. The molecule has 2 aliphatic rings. The van der Waals surface area contributed by atoms with Gasteiger partial charge in [-0.15, -0.1) is 0 Å². The van der Waals surface area contributed by atoms with Crippen LogP contribution < -0.4 is 16.2 Å². The number of aromatic nitrogens is 2. The molecule has 20 heavy (non-hydrogen) atoms. The predicted octanol–water partition coefficient (Wildman–Crippen LogP) is 1.48. The molecule has 2 fully saturated rings. The molecule has 0 radical (unpaired) electrons. The van der Waals surface area contributed by atoms with E-state index in [1.54, 1.807) is 18.5 Å². The predicted molar refractivity (Wildman–Crippen MR) is 78.9 cm³/mol. The molecular weight excluding hydrogens is 252 g/mol. The van der Waals surface area contributed by atoms with Crippen LogP contribution in [0.15, 0.2) is 29.3 Å². The fourth-order valence-corrected chi connectivity index (χ4v) is 3.39. The van der Waals surface area contributed by atoms with Crippen molar-refractivity contribution < 1.29 is 0 Å². The summed E-state index contributed by atoms with van der Waals surface area (Å²) < 4.78 is 0. The van der Waals surface area contributed by atoms with Gasteiger partial charge in [0.15, 0.2) is 0 Å². The van der Waals surface area contributed by atoms with Crippen molar-refractivity contribution in [1.82, 2.24) is 15.3 Å². The Balaban J connectivity index is 1.65. The van der Waals surface area contributed by atoms with Crippen LogP contribution in [-0.4, -0.2) is 28.6 Å². The van der Waals surface area contributed by atoms with Crippen molar-refractivity contribution in [3.63, 3.8) is 0 Å². The topological polar surface area (TPSA) is 69.8 Å². The Labute approximate surface area is 116 Å². The lowest BCUT2D eigenvalue weighted by atomic mass is 10.2. The fraction of sp³-hybridized carbons (Fsp3) is 0.467. The van der Waals surface area contributed by atoms with E-state index in [4.69, 9.17) is 0 Å². The highest BCUT2D eigenvalue weighted by atomic mass is 16.1. The van der Waals surface area contributed by atoms with Gasteiger partial charge in [-0.25, -0.2) is 0 Å². The maximum absolute atomic E-state index is 11.7. The van der Waals surface area contributed by atoms with E-state index >= 15 is 0 Å². The van der Waals surface area contributed by atoms with Crippen molar-refractivity contribution in [2.75, 3.05) is 11.9 Å². The van der Waals surface area contributed by atoms with Crippen molar-refractivity contribution in [3.05, 3.63) is 34.9 Å². The van der Waals surface area contributed by atoms with Crippen LogP contribution >= 0.6 is 0 Å². The van der Waals surface area contributed by atoms with Gasteiger partial charge in [-0.2, -0.15) is 0 Å². The van der Waals surface area contributed by atoms with E-state index in [2.05, 4.69) is 20.6 Å². The van der Waals surface area contributed by atoms with Gasteiger partial charge in [0.05, 0.1) is 11.7 Å². The second-order valence-electron chi connectivity index (χ2n) is 5.78. The molecule has 0 spiro atoms.